The van der Waals surface area contributed by atoms with Crippen LogP contribution in [0.4, 0.5) is 0 Å². The van der Waals surface area contributed by atoms with Crippen molar-refractivity contribution in [1.29, 1.82) is 0 Å². The van der Waals surface area contributed by atoms with Gasteiger partial charge in [-0.15, -0.1) is 11.8 Å². The predicted octanol–water partition coefficient (Wildman–Crippen LogP) is 3.69. The van der Waals surface area contributed by atoms with Crippen LogP contribution in [-0.2, 0) is 11.2 Å². The Kier molecular flexibility index (Phi) is 3.10. The highest BCUT2D eigenvalue weighted by Gasteiger charge is 2.36. The lowest BCUT2D eigenvalue weighted by Crippen LogP contribution is -2.11. The van der Waals surface area contributed by atoms with Crippen LogP contribution in [0.25, 0.3) is 0 Å². The Morgan fingerprint density at radius 2 is 2.28 bits per heavy atom. The van der Waals surface area contributed by atoms with Crippen LogP contribution in [0.5, 0.6) is 0 Å². The van der Waals surface area contributed by atoms with Gasteiger partial charge in [0.2, 0.25) is 0 Å². The first-order valence-electron chi connectivity index (χ1n) is 6.65. The Morgan fingerprint density at radius 1 is 1.50 bits per heavy atom. The quantitative estimate of drug-likeness (QED) is 0.899. The molecule has 0 spiro atoms. The van der Waals surface area contributed by atoms with E-state index in [-0.39, 0.29) is 5.92 Å². The van der Waals surface area contributed by atoms with Crippen molar-refractivity contribution in [2.45, 2.75) is 48.7 Å². The highest BCUT2D eigenvalue weighted by Crippen LogP contribution is 2.48. The van der Waals surface area contributed by atoms with Gasteiger partial charge in [-0.25, -0.2) is 0 Å². The number of carbonyl (C=O) groups is 1. The van der Waals surface area contributed by atoms with Crippen molar-refractivity contribution in [3.05, 3.63) is 29.3 Å². The minimum Gasteiger partial charge on any atom is -0.481 e. The van der Waals surface area contributed by atoms with Crippen molar-refractivity contribution in [1.82, 2.24) is 0 Å². The molecule has 2 atom stereocenters. The summed E-state index contributed by atoms with van der Waals surface area (Å²) in [6.45, 7) is 2.25. The lowest BCUT2D eigenvalue weighted by atomic mass is 9.86. The van der Waals surface area contributed by atoms with E-state index >= 15 is 0 Å². The number of carboxylic acids is 1. The second kappa shape index (κ2) is 4.61. The molecule has 1 aliphatic carbocycles. The summed E-state index contributed by atoms with van der Waals surface area (Å²) < 4.78 is 0. The maximum atomic E-state index is 11.1. The number of hydrogen-bond donors (Lipinski definition) is 1. The maximum absolute atomic E-state index is 11.1. The largest absolute Gasteiger partial charge is 0.481 e. The molecule has 96 valence electrons. The van der Waals surface area contributed by atoms with Gasteiger partial charge in [-0.3, -0.25) is 4.79 Å². The SMILES string of the molecule is CC1Cc2c(cccc2C(CC(=O)O)C2CC2)S1. The molecule has 0 radical (unpaired) electrons. The zero-order valence-corrected chi connectivity index (χ0v) is 11.4. The van der Waals surface area contributed by atoms with Gasteiger partial charge in [0.15, 0.2) is 0 Å². The van der Waals surface area contributed by atoms with Gasteiger partial charge in [-0.2, -0.15) is 0 Å². The Balaban J connectivity index is 1.95. The van der Waals surface area contributed by atoms with Gasteiger partial charge in [-0.1, -0.05) is 19.1 Å². The summed E-state index contributed by atoms with van der Waals surface area (Å²) in [6, 6.07) is 6.43. The van der Waals surface area contributed by atoms with Crippen LogP contribution < -0.4 is 0 Å². The number of thioether (sulfide) groups is 1. The molecule has 0 amide bonds. The first-order chi connectivity index (χ1) is 8.65. The van der Waals surface area contributed by atoms with Gasteiger partial charge < -0.3 is 5.11 Å². The van der Waals surface area contributed by atoms with Crippen molar-refractivity contribution in [2.24, 2.45) is 5.92 Å². The van der Waals surface area contributed by atoms with E-state index in [4.69, 9.17) is 5.11 Å². The molecule has 1 aromatic rings. The number of hydrogen-bond acceptors (Lipinski definition) is 2. The second-order valence-corrected chi connectivity index (χ2v) is 6.98. The van der Waals surface area contributed by atoms with Crippen LogP contribution in [0, 0.1) is 5.92 Å². The standard InChI is InChI=1S/C15H18O2S/c1-9-7-13-11(3-2-4-14(13)18-9)12(8-15(16)17)10-5-6-10/h2-4,9-10,12H,5-8H2,1H3,(H,16,17). The number of fused-ring (bicyclic) bond motifs is 1. The molecular formula is C15H18O2S. The summed E-state index contributed by atoms with van der Waals surface area (Å²) in [4.78, 5) is 12.4. The molecule has 1 fully saturated rings. The molecule has 1 heterocycles. The van der Waals surface area contributed by atoms with Gasteiger partial charge in [0, 0.05) is 10.1 Å². The summed E-state index contributed by atoms with van der Waals surface area (Å²) in [5, 5.41) is 9.75. The van der Waals surface area contributed by atoms with E-state index in [0.29, 0.717) is 17.6 Å². The zero-order chi connectivity index (χ0) is 12.7. The molecule has 1 aliphatic heterocycles. The summed E-state index contributed by atoms with van der Waals surface area (Å²) in [5.74, 6) is 0.181. The van der Waals surface area contributed by atoms with Crippen LogP contribution in [-0.4, -0.2) is 16.3 Å². The topological polar surface area (TPSA) is 37.3 Å². The van der Waals surface area contributed by atoms with Crippen molar-refractivity contribution in [3.63, 3.8) is 0 Å². The molecular weight excluding hydrogens is 244 g/mol. The highest BCUT2D eigenvalue weighted by atomic mass is 32.2. The lowest BCUT2D eigenvalue weighted by molar-refractivity contribution is -0.137. The fourth-order valence-electron chi connectivity index (χ4n) is 3.02. The van der Waals surface area contributed by atoms with Gasteiger partial charge in [0.25, 0.3) is 0 Å². The lowest BCUT2D eigenvalue weighted by Gasteiger charge is -2.18. The van der Waals surface area contributed by atoms with E-state index in [9.17, 15) is 4.79 Å². The summed E-state index contributed by atoms with van der Waals surface area (Å²) in [5.41, 5.74) is 2.74. The van der Waals surface area contributed by atoms with Crippen LogP contribution in [0.3, 0.4) is 0 Å². The average molecular weight is 262 g/mol. The highest BCUT2D eigenvalue weighted by molar-refractivity contribution is 8.00. The first kappa shape index (κ1) is 12.1. The third-order valence-electron chi connectivity index (χ3n) is 3.97. The molecule has 2 nitrogen and oxygen atoms in total. The summed E-state index contributed by atoms with van der Waals surface area (Å²) in [6.07, 6.45) is 3.79. The molecule has 3 heteroatoms. The number of rotatable bonds is 4. The van der Waals surface area contributed by atoms with E-state index in [1.165, 1.54) is 28.9 Å². The average Bonchev–Trinajstić information content (AvgIpc) is 3.06. The normalized spacial score (nSPS) is 23.7. The van der Waals surface area contributed by atoms with Crippen LogP contribution in [0.1, 0.15) is 43.2 Å². The second-order valence-electron chi connectivity index (χ2n) is 5.50. The first-order valence-corrected chi connectivity index (χ1v) is 7.53. The molecule has 3 rings (SSSR count). The smallest absolute Gasteiger partial charge is 0.303 e. The van der Waals surface area contributed by atoms with Crippen LogP contribution in [0.15, 0.2) is 23.1 Å². The molecule has 1 N–H and O–H groups in total. The Bertz CT molecular complexity index is 479. The zero-order valence-electron chi connectivity index (χ0n) is 10.6. The van der Waals surface area contributed by atoms with Gasteiger partial charge >= 0.3 is 5.97 Å². The number of benzene rings is 1. The summed E-state index contributed by atoms with van der Waals surface area (Å²) >= 11 is 1.93. The third kappa shape index (κ3) is 2.28. The minimum absolute atomic E-state index is 0.239. The molecule has 0 aromatic heterocycles. The fraction of sp³-hybridized carbons (Fsp3) is 0.533. The van der Waals surface area contributed by atoms with E-state index in [1.807, 2.05) is 11.8 Å². The van der Waals surface area contributed by atoms with Crippen molar-refractivity contribution in [3.8, 4) is 0 Å². The Morgan fingerprint density at radius 3 is 2.94 bits per heavy atom. The molecule has 1 aromatic carbocycles. The van der Waals surface area contributed by atoms with Crippen molar-refractivity contribution >= 4 is 17.7 Å². The Hall–Kier alpha value is -0.960. The summed E-state index contributed by atoms with van der Waals surface area (Å²) in [7, 11) is 0. The van der Waals surface area contributed by atoms with E-state index in [2.05, 4.69) is 25.1 Å². The van der Waals surface area contributed by atoms with E-state index in [1.54, 1.807) is 0 Å². The molecule has 2 aliphatic rings. The van der Waals surface area contributed by atoms with Gasteiger partial charge in [-0.05, 0) is 48.3 Å². The van der Waals surface area contributed by atoms with Crippen LogP contribution >= 0.6 is 11.8 Å². The van der Waals surface area contributed by atoms with E-state index in [0.717, 1.165) is 6.42 Å². The molecule has 0 bridgehead atoms. The third-order valence-corrected chi connectivity index (χ3v) is 5.18. The maximum Gasteiger partial charge on any atom is 0.303 e. The number of carboxylic acid groups (broad SMARTS) is 1. The molecule has 1 saturated carbocycles. The van der Waals surface area contributed by atoms with Crippen molar-refractivity contribution in [2.75, 3.05) is 0 Å². The van der Waals surface area contributed by atoms with Gasteiger partial charge in [0.05, 0.1) is 6.42 Å². The number of aliphatic carboxylic acids is 1. The molecule has 0 saturated heterocycles. The predicted molar refractivity (Wildman–Crippen MR) is 73.2 cm³/mol. The van der Waals surface area contributed by atoms with Crippen molar-refractivity contribution < 1.29 is 9.90 Å². The Labute approximate surface area is 112 Å². The van der Waals surface area contributed by atoms with Crippen LogP contribution in [0.2, 0.25) is 0 Å². The fourth-order valence-corrected chi connectivity index (χ4v) is 4.21. The monoisotopic (exact) mass is 262 g/mol. The van der Waals surface area contributed by atoms with E-state index < -0.39 is 5.97 Å². The minimum atomic E-state index is -0.664. The molecule has 2 unspecified atom stereocenters. The van der Waals surface area contributed by atoms with Gasteiger partial charge in [0.1, 0.15) is 0 Å². The molecule has 18 heavy (non-hydrogen) atoms.